The van der Waals surface area contributed by atoms with Crippen molar-refractivity contribution in [1.29, 1.82) is 0 Å². The number of sulfonamides is 2. The molecule has 11 heteroatoms. The van der Waals surface area contributed by atoms with E-state index in [9.17, 15) is 16.8 Å². The summed E-state index contributed by atoms with van der Waals surface area (Å²) in [6, 6.07) is 21.2. The van der Waals surface area contributed by atoms with Crippen LogP contribution in [0.15, 0.2) is 88.7 Å². The van der Waals surface area contributed by atoms with Crippen molar-refractivity contribution in [2.45, 2.75) is 16.2 Å². The summed E-state index contributed by atoms with van der Waals surface area (Å²) in [5, 5.41) is 3.35. The molecule has 2 N–H and O–H groups in total. The Bertz CT molecular complexity index is 1330. The molecule has 0 aromatic heterocycles. The van der Waals surface area contributed by atoms with Gasteiger partial charge in [0.05, 0.1) is 21.2 Å². The van der Waals surface area contributed by atoms with Crippen molar-refractivity contribution in [2.24, 2.45) is 0 Å². The van der Waals surface area contributed by atoms with Gasteiger partial charge in [-0.25, -0.2) is 16.8 Å². The van der Waals surface area contributed by atoms with Gasteiger partial charge in [-0.05, 0) is 55.4 Å². The first-order valence-electron chi connectivity index (χ1n) is 11.0. The van der Waals surface area contributed by atoms with E-state index >= 15 is 0 Å². The lowest BCUT2D eigenvalue weighted by Gasteiger charge is -2.27. The summed E-state index contributed by atoms with van der Waals surface area (Å²) in [6.45, 7) is 3.32. The molecule has 3 aromatic rings. The van der Waals surface area contributed by atoms with E-state index in [0.717, 1.165) is 42.6 Å². The van der Waals surface area contributed by atoms with E-state index in [1.165, 1.54) is 31.3 Å². The van der Waals surface area contributed by atoms with E-state index in [4.69, 9.17) is 0 Å². The molecule has 8 nitrogen and oxygen atoms in total. The average molecular weight is 537 g/mol. The van der Waals surface area contributed by atoms with Gasteiger partial charge in [0, 0.05) is 32.4 Å². The maximum Gasteiger partial charge on any atom is 0.264 e. The molecule has 3 aromatic carbocycles. The lowest BCUT2D eigenvalue weighted by molar-refractivity contribution is 0.593. The normalized spacial score (nSPS) is 14.5. The van der Waals surface area contributed by atoms with Crippen molar-refractivity contribution in [1.82, 2.24) is 5.32 Å². The number of nitrogens with one attached hydrogen (secondary N) is 2. The molecule has 35 heavy (non-hydrogen) atoms. The first kappa shape index (κ1) is 26.8. The summed E-state index contributed by atoms with van der Waals surface area (Å²) in [6.07, 6.45) is 0.954. The third kappa shape index (κ3) is 6.07. The minimum absolute atomic E-state index is 0. The fraction of sp³-hybridized carbons (Fsp3) is 0.250. The van der Waals surface area contributed by atoms with Crippen LogP contribution in [0.2, 0.25) is 0 Å². The van der Waals surface area contributed by atoms with E-state index in [-0.39, 0.29) is 33.6 Å². The molecular formula is C24H29ClN4O4S2. The number of nitrogens with zero attached hydrogens (tertiary/aromatic N) is 2. The van der Waals surface area contributed by atoms with Gasteiger partial charge in [-0.3, -0.25) is 9.03 Å². The molecule has 0 spiro atoms. The van der Waals surface area contributed by atoms with Crippen LogP contribution in [0.25, 0.3) is 0 Å². The Morgan fingerprint density at radius 1 is 0.829 bits per heavy atom. The summed E-state index contributed by atoms with van der Waals surface area (Å²) in [7, 11) is -6.40. The predicted molar refractivity (Wildman–Crippen MR) is 143 cm³/mol. The largest absolute Gasteiger partial charge is 0.370 e. The Morgan fingerprint density at radius 2 is 1.46 bits per heavy atom. The summed E-state index contributed by atoms with van der Waals surface area (Å²) in [5.41, 5.74) is 1.26. The quantitative estimate of drug-likeness (QED) is 0.479. The van der Waals surface area contributed by atoms with Gasteiger partial charge in [0.1, 0.15) is 0 Å². The minimum Gasteiger partial charge on any atom is -0.370 e. The molecule has 0 saturated carbocycles. The molecule has 0 bridgehead atoms. The highest BCUT2D eigenvalue weighted by Gasteiger charge is 2.26. The Balaban J connectivity index is 0.00000342. The van der Waals surface area contributed by atoms with Gasteiger partial charge < -0.3 is 10.2 Å². The van der Waals surface area contributed by atoms with Crippen molar-refractivity contribution < 1.29 is 16.8 Å². The zero-order valence-corrected chi connectivity index (χ0v) is 21.7. The number of hydrogen-bond acceptors (Lipinski definition) is 6. The van der Waals surface area contributed by atoms with Gasteiger partial charge in [0.15, 0.2) is 0 Å². The second-order valence-electron chi connectivity index (χ2n) is 8.00. The summed E-state index contributed by atoms with van der Waals surface area (Å²) < 4.78 is 56.6. The maximum absolute atomic E-state index is 13.4. The van der Waals surface area contributed by atoms with Crippen LogP contribution >= 0.6 is 12.4 Å². The molecule has 0 aliphatic carbocycles. The molecule has 0 atom stereocenters. The third-order valence-electron chi connectivity index (χ3n) is 5.73. The summed E-state index contributed by atoms with van der Waals surface area (Å²) in [5.74, 6) is 0. The molecular weight excluding hydrogens is 508 g/mol. The van der Waals surface area contributed by atoms with Gasteiger partial charge in [-0.1, -0.05) is 36.4 Å². The van der Waals surface area contributed by atoms with E-state index in [2.05, 4.69) is 14.9 Å². The Hall–Kier alpha value is -2.79. The molecule has 0 amide bonds. The predicted octanol–water partition coefficient (Wildman–Crippen LogP) is 3.53. The van der Waals surface area contributed by atoms with Gasteiger partial charge in [0.2, 0.25) is 0 Å². The number of benzene rings is 3. The second-order valence-corrected chi connectivity index (χ2v) is 11.6. The van der Waals surface area contributed by atoms with Crippen LogP contribution in [-0.4, -0.2) is 50.1 Å². The SMILES string of the molecule is CN(c1cc(N2CCCNCC2)ccc1NS(=O)(=O)c1ccccc1)S(=O)(=O)c1ccccc1.Cl. The van der Waals surface area contributed by atoms with Gasteiger partial charge in [-0.15, -0.1) is 12.4 Å². The number of anilines is 3. The standard InChI is InChI=1S/C24H28N4O4S2.ClH/c1-27(34(31,32)22-11-6-3-7-12-22)24-19-20(28-17-8-15-25-16-18-28)13-14-23(24)26-33(29,30)21-9-4-2-5-10-21;/h2-7,9-14,19,25-26H,8,15-18H2,1H3;1H. The monoisotopic (exact) mass is 536 g/mol. The average Bonchev–Trinajstić information content (AvgIpc) is 3.14. The van der Waals surface area contributed by atoms with E-state index < -0.39 is 20.0 Å². The molecule has 188 valence electrons. The zero-order valence-electron chi connectivity index (χ0n) is 19.3. The molecule has 1 aliphatic rings. The Kier molecular flexibility index (Phi) is 8.65. The molecule has 0 unspecified atom stereocenters. The van der Waals surface area contributed by atoms with Crippen molar-refractivity contribution in [3.63, 3.8) is 0 Å². The molecule has 1 saturated heterocycles. The van der Waals surface area contributed by atoms with Crippen molar-refractivity contribution in [3.8, 4) is 0 Å². The summed E-state index contributed by atoms with van der Waals surface area (Å²) >= 11 is 0. The Morgan fingerprint density at radius 3 is 2.11 bits per heavy atom. The van der Waals surface area contributed by atoms with Crippen molar-refractivity contribution in [3.05, 3.63) is 78.9 Å². The molecule has 1 aliphatic heterocycles. The maximum atomic E-state index is 13.4. The highest BCUT2D eigenvalue weighted by atomic mass is 35.5. The first-order valence-corrected chi connectivity index (χ1v) is 13.9. The van der Waals surface area contributed by atoms with E-state index in [1.54, 1.807) is 48.5 Å². The van der Waals surface area contributed by atoms with Gasteiger partial charge >= 0.3 is 0 Å². The van der Waals surface area contributed by atoms with Crippen LogP contribution in [0.4, 0.5) is 17.1 Å². The van der Waals surface area contributed by atoms with Gasteiger partial charge in [-0.2, -0.15) is 0 Å². The first-order chi connectivity index (χ1) is 16.3. The zero-order chi connectivity index (χ0) is 24.2. The fourth-order valence-corrected chi connectivity index (χ4v) is 6.17. The number of hydrogen-bond donors (Lipinski definition) is 2. The fourth-order valence-electron chi connectivity index (χ4n) is 3.85. The second kappa shape index (κ2) is 11.3. The van der Waals surface area contributed by atoms with Crippen LogP contribution in [0.3, 0.4) is 0 Å². The van der Waals surface area contributed by atoms with Crippen LogP contribution in [0.1, 0.15) is 6.42 Å². The number of rotatable bonds is 7. The molecule has 1 fully saturated rings. The van der Waals surface area contributed by atoms with Crippen molar-refractivity contribution in [2.75, 3.05) is 47.2 Å². The van der Waals surface area contributed by atoms with E-state index in [0.29, 0.717) is 0 Å². The minimum atomic E-state index is -3.92. The smallest absolute Gasteiger partial charge is 0.264 e. The molecule has 4 rings (SSSR count). The van der Waals surface area contributed by atoms with Crippen LogP contribution in [-0.2, 0) is 20.0 Å². The van der Waals surface area contributed by atoms with Crippen LogP contribution in [0.5, 0.6) is 0 Å². The van der Waals surface area contributed by atoms with Crippen LogP contribution < -0.4 is 19.2 Å². The Labute approximate surface area is 213 Å². The lowest BCUT2D eigenvalue weighted by atomic mass is 10.2. The third-order valence-corrected chi connectivity index (χ3v) is 8.89. The summed E-state index contributed by atoms with van der Waals surface area (Å²) in [4.78, 5) is 2.39. The van der Waals surface area contributed by atoms with Crippen LogP contribution in [0, 0.1) is 0 Å². The highest BCUT2D eigenvalue weighted by molar-refractivity contribution is 7.93. The highest BCUT2D eigenvalue weighted by Crippen LogP contribution is 2.35. The van der Waals surface area contributed by atoms with Gasteiger partial charge in [0.25, 0.3) is 20.0 Å². The lowest BCUT2D eigenvalue weighted by Crippen LogP contribution is -2.30. The molecule has 0 radical (unpaired) electrons. The van der Waals surface area contributed by atoms with E-state index in [1.807, 2.05) is 6.07 Å². The number of halogens is 1. The topological polar surface area (TPSA) is 98.8 Å². The van der Waals surface area contributed by atoms with Crippen molar-refractivity contribution >= 4 is 49.5 Å². The molecule has 1 heterocycles.